The summed E-state index contributed by atoms with van der Waals surface area (Å²) >= 11 is 0. The smallest absolute Gasteiger partial charge is 0.270 e. The van der Waals surface area contributed by atoms with Gasteiger partial charge in [-0.3, -0.25) is 14.9 Å². The number of rotatable bonds is 7. The quantitative estimate of drug-likeness (QED) is 0.171. The second kappa shape index (κ2) is 9.95. The van der Waals surface area contributed by atoms with Crippen molar-refractivity contribution in [1.82, 2.24) is 20.0 Å². The van der Waals surface area contributed by atoms with E-state index in [0.29, 0.717) is 34.3 Å². The molecule has 4 aromatic rings. The molecule has 0 fully saturated rings. The van der Waals surface area contributed by atoms with Gasteiger partial charge in [-0.25, -0.2) is 9.97 Å². The van der Waals surface area contributed by atoms with Crippen LogP contribution in [-0.2, 0) is 0 Å². The minimum atomic E-state index is -0.472. The van der Waals surface area contributed by atoms with Gasteiger partial charge >= 0.3 is 0 Å². The van der Waals surface area contributed by atoms with Gasteiger partial charge in [0.15, 0.2) is 5.65 Å². The first kappa shape index (κ1) is 23.2. The number of nitro groups is 1. The van der Waals surface area contributed by atoms with Gasteiger partial charge in [-0.2, -0.15) is 9.78 Å². The molecule has 36 heavy (non-hydrogen) atoms. The Morgan fingerprint density at radius 3 is 2.72 bits per heavy atom. The van der Waals surface area contributed by atoms with Crippen LogP contribution in [0.4, 0.5) is 11.5 Å². The number of allylic oxidation sites excluding steroid dienone is 1. The van der Waals surface area contributed by atoms with Gasteiger partial charge in [0.2, 0.25) is 0 Å². The van der Waals surface area contributed by atoms with Crippen LogP contribution in [0.2, 0.25) is 0 Å². The lowest BCUT2D eigenvalue weighted by Crippen LogP contribution is -2.25. The molecule has 10 nitrogen and oxygen atoms in total. The van der Waals surface area contributed by atoms with Crippen LogP contribution < -0.4 is 11.1 Å². The molecule has 0 saturated carbocycles. The first-order valence-corrected chi connectivity index (χ1v) is 11.8. The van der Waals surface area contributed by atoms with E-state index in [2.05, 4.69) is 26.5 Å². The van der Waals surface area contributed by atoms with Crippen molar-refractivity contribution in [1.29, 1.82) is 0 Å². The average Bonchev–Trinajstić information content (AvgIpc) is 3.16. The molecule has 1 amide bonds. The van der Waals surface area contributed by atoms with Crippen LogP contribution in [0.5, 0.6) is 0 Å². The molecule has 2 aromatic heterocycles. The van der Waals surface area contributed by atoms with Crippen molar-refractivity contribution in [2.45, 2.75) is 32.1 Å². The number of carbonyl (C=O) groups is 1. The number of hydrogen-bond donors (Lipinski definition) is 2. The van der Waals surface area contributed by atoms with Crippen LogP contribution in [0.25, 0.3) is 22.2 Å². The Morgan fingerprint density at radius 2 is 1.97 bits per heavy atom. The van der Waals surface area contributed by atoms with Crippen LogP contribution in [-0.4, -0.2) is 38.2 Å². The van der Waals surface area contributed by atoms with E-state index in [1.165, 1.54) is 41.4 Å². The third-order valence-corrected chi connectivity index (χ3v) is 6.22. The number of benzene rings is 2. The van der Waals surface area contributed by atoms with E-state index < -0.39 is 4.92 Å². The molecule has 0 bridgehead atoms. The Hall–Kier alpha value is -4.60. The monoisotopic (exact) mass is 483 g/mol. The third-order valence-electron chi connectivity index (χ3n) is 6.22. The lowest BCUT2D eigenvalue weighted by molar-refractivity contribution is -0.384. The third kappa shape index (κ3) is 4.65. The van der Waals surface area contributed by atoms with Gasteiger partial charge in [0.1, 0.15) is 16.9 Å². The molecule has 1 aliphatic rings. The van der Waals surface area contributed by atoms with Crippen molar-refractivity contribution >= 4 is 45.8 Å². The second-order valence-electron chi connectivity index (χ2n) is 8.67. The molecule has 0 saturated heterocycles. The summed E-state index contributed by atoms with van der Waals surface area (Å²) in [7, 11) is 0. The molecular formula is C26H25N7O3. The number of hydrogen-bond acceptors (Lipinski definition) is 7. The van der Waals surface area contributed by atoms with Gasteiger partial charge in [0.05, 0.1) is 22.2 Å². The summed E-state index contributed by atoms with van der Waals surface area (Å²) in [5.74, 6) is -0.251. The van der Waals surface area contributed by atoms with Crippen molar-refractivity contribution in [2.75, 3.05) is 12.3 Å². The Balaban J connectivity index is 1.52. The highest BCUT2D eigenvalue weighted by Crippen LogP contribution is 2.28. The van der Waals surface area contributed by atoms with Crippen molar-refractivity contribution in [3.05, 3.63) is 81.4 Å². The number of nitro benzene ring substituents is 1. The number of nitrogen functional groups attached to an aromatic ring is 1. The Bertz CT molecular complexity index is 1540. The first-order valence-electron chi connectivity index (χ1n) is 11.8. The molecule has 5 rings (SSSR count). The summed E-state index contributed by atoms with van der Waals surface area (Å²) < 4.78 is 1.35. The van der Waals surface area contributed by atoms with Crippen LogP contribution in [0.1, 0.15) is 48.0 Å². The summed E-state index contributed by atoms with van der Waals surface area (Å²) in [6.45, 7) is 0.495. The second-order valence-corrected chi connectivity index (χ2v) is 8.67. The molecule has 1 aliphatic carbocycles. The minimum Gasteiger partial charge on any atom is -0.383 e. The molecular weight excluding hydrogens is 458 g/mol. The predicted octanol–water partition coefficient (Wildman–Crippen LogP) is 4.58. The maximum absolute atomic E-state index is 13.2. The zero-order valence-electron chi connectivity index (χ0n) is 19.6. The number of non-ortho nitro benzene ring substituents is 1. The fraction of sp³-hybridized carbons (Fsp3) is 0.231. The van der Waals surface area contributed by atoms with E-state index in [4.69, 9.17) is 5.73 Å². The Morgan fingerprint density at radius 1 is 1.17 bits per heavy atom. The number of carbonyl (C=O) groups excluding carboxylic acids is 1. The minimum absolute atomic E-state index is 0.0526. The fourth-order valence-electron chi connectivity index (χ4n) is 4.39. The highest BCUT2D eigenvalue weighted by Gasteiger charge is 2.24. The van der Waals surface area contributed by atoms with E-state index >= 15 is 0 Å². The lowest BCUT2D eigenvalue weighted by Gasteiger charge is -2.12. The van der Waals surface area contributed by atoms with Gasteiger partial charge in [0.25, 0.3) is 11.6 Å². The fourth-order valence-corrected chi connectivity index (χ4v) is 4.39. The Kier molecular flexibility index (Phi) is 6.40. The van der Waals surface area contributed by atoms with Gasteiger partial charge in [-0.05, 0) is 44.2 Å². The molecule has 0 radical (unpaired) electrons. The van der Waals surface area contributed by atoms with E-state index in [1.807, 2.05) is 24.3 Å². The van der Waals surface area contributed by atoms with Crippen LogP contribution in [0.15, 0.2) is 65.3 Å². The van der Waals surface area contributed by atoms with Crippen molar-refractivity contribution in [3.8, 4) is 0 Å². The largest absolute Gasteiger partial charge is 0.383 e. The maximum Gasteiger partial charge on any atom is 0.270 e. The number of nitrogens with one attached hydrogen (secondary N) is 1. The first-order chi connectivity index (χ1) is 17.5. The molecule has 0 aliphatic heterocycles. The maximum atomic E-state index is 13.2. The number of amides is 1. The van der Waals surface area contributed by atoms with Crippen LogP contribution in [0.3, 0.4) is 0 Å². The van der Waals surface area contributed by atoms with Crippen molar-refractivity contribution < 1.29 is 9.72 Å². The summed E-state index contributed by atoms with van der Waals surface area (Å²) in [5.41, 5.74) is 10.4. The number of para-hydroxylation sites is 2. The SMILES string of the molecule is Nc1c(C(=O)NCCC2=CCCCC2)c2nc3ccccc3nc2n1/N=C/c1cccc([N+](=O)[O-])c1. The number of nitrogens with two attached hydrogens (primary N) is 1. The predicted molar refractivity (Wildman–Crippen MR) is 139 cm³/mol. The topological polar surface area (TPSA) is 141 Å². The van der Waals surface area contributed by atoms with Gasteiger partial charge < -0.3 is 11.1 Å². The number of aromatic nitrogens is 3. The van der Waals surface area contributed by atoms with Gasteiger partial charge in [-0.15, -0.1) is 0 Å². The van der Waals surface area contributed by atoms with E-state index in [-0.39, 0.29) is 23.0 Å². The highest BCUT2D eigenvalue weighted by atomic mass is 16.6. The molecule has 10 heteroatoms. The van der Waals surface area contributed by atoms with E-state index in [9.17, 15) is 14.9 Å². The standard InChI is InChI=1S/C26H25N7O3/c27-24-22(26(34)28-14-13-17-7-2-1-3-8-17)23-25(31-21-12-5-4-11-20(21)30-23)32(24)29-16-18-9-6-10-19(15-18)33(35)36/h4-7,9-12,15-16H,1-3,8,13-14,27H2,(H,28,34)/b29-16+. The molecule has 0 unspecified atom stereocenters. The number of anilines is 1. The zero-order chi connectivity index (χ0) is 25.1. The normalized spacial score (nSPS) is 13.8. The summed E-state index contributed by atoms with van der Waals surface area (Å²) in [6.07, 6.45) is 9.06. The van der Waals surface area contributed by atoms with E-state index in [0.717, 1.165) is 19.3 Å². The molecule has 2 heterocycles. The molecule has 182 valence electrons. The average molecular weight is 484 g/mol. The van der Waals surface area contributed by atoms with Crippen LogP contribution >= 0.6 is 0 Å². The van der Waals surface area contributed by atoms with Gasteiger partial charge in [0, 0.05) is 24.2 Å². The Labute approximate surface area is 206 Å². The lowest BCUT2D eigenvalue weighted by atomic mass is 9.97. The number of fused-ring (bicyclic) bond motifs is 2. The molecule has 3 N–H and O–H groups in total. The van der Waals surface area contributed by atoms with Crippen molar-refractivity contribution in [2.24, 2.45) is 5.10 Å². The molecule has 2 aromatic carbocycles. The highest BCUT2D eigenvalue weighted by molar-refractivity contribution is 6.10. The number of nitrogens with zero attached hydrogens (tertiary/aromatic N) is 5. The summed E-state index contributed by atoms with van der Waals surface area (Å²) in [6, 6.07) is 13.4. The summed E-state index contributed by atoms with van der Waals surface area (Å²) in [5, 5.41) is 18.5. The molecule has 0 spiro atoms. The van der Waals surface area contributed by atoms with Crippen LogP contribution in [0, 0.1) is 10.1 Å². The summed E-state index contributed by atoms with van der Waals surface area (Å²) in [4.78, 5) is 33.2. The van der Waals surface area contributed by atoms with Crippen molar-refractivity contribution in [3.63, 3.8) is 0 Å². The zero-order valence-corrected chi connectivity index (χ0v) is 19.6. The van der Waals surface area contributed by atoms with Gasteiger partial charge in [-0.1, -0.05) is 35.9 Å². The molecule has 0 atom stereocenters. The van der Waals surface area contributed by atoms with E-state index in [1.54, 1.807) is 12.1 Å².